The zero-order valence-corrected chi connectivity index (χ0v) is 10.4. The minimum absolute atomic E-state index is 0.137. The standard InChI is InChI=1S/C13H22N2/c1-10-6-8-11(9-7-10)15-13(4,5)12(2,3)14/h6-9,15H,14H2,1-5H3. The monoisotopic (exact) mass is 206 g/mol. The Morgan fingerprint density at radius 2 is 1.47 bits per heavy atom. The Labute approximate surface area is 92.9 Å². The molecule has 0 saturated carbocycles. The van der Waals surface area contributed by atoms with E-state index < -0.39 is 0 Å². The summed E-state index contributed by atoms with van der Waals surface area (Å²) in [4.78, 5) is 0. The van der Waals surface area contributed by atoms with Crippen LogP contribution in [0.15, 0.2) is 24.3 Å². The summed E-state index contributed by atoms with van der Waals surface area (Å²) in [5.74, 6) is 0. The van der Waals surface area contributed by atoms with Crippen molar-refractivity contribution in [3.63, 3.8) is 0 Å². The van der Waals surface area contributed by atoms with Crippen LogP contribution in [0.4, 0.5) is 5.69 Å². The highest BCUT2D eigenvalue weighted by molar-refractivity contribution is 5.47. The first-order chi connectivity index (χ1) is 6.72. The summed E-state index contributed by atoms with van der Waals surface area (Å²) in [5, 5.41) is 3.46. The zero-order chi connectivity index (χ0) is 11.7. The number of anilines is 1. The third-order valence-electron chi connectivity index (χ3n) is 3.12. The quantitative estimate of drug-likeness (QED) is 0.798. The highest BCUT2D eigenvalue weighted by Crippen LogP contribution is 2.24. The molecule has 3 N–H and O–H groups in total. The maximum absolute atomic E-state index is 6.13. The van der Waals surface area contributed by atoms with E-state index >= 15 is 0 Å². The van der Waals surface area contributed by atoms with Crippen LogP contribution < -0.4 is 11.1 Å². The molecule has 0 spiro atoms. The fraction of sp³-hybridized carbons (Fsp3) is 0.538. The molecule has 84 valence electrons. The summed E-state index contributed by atoms with van der Waals surface area (Å²) < 4.78 is 0. The van der Waals surface area contributed by atoms with Crippen LogP contribution >= 0.6 is 0 Å². The van der Waals surface area contributed by atoms with E-state index in [1.165, 1.54) is 5.56 Å². The van der Waals surface area contributed by atoms with Gasteiger partial charge in [-0.2, -0.15) is 0 Å². The van der Waals surface area contributed by atoms with Crippen molar-refractivity contribution in [2.75, 3.05) is 5.32 Å². The van der Waals surface area contributed by atoms with E-state index in [0.717, 1.165) is 5.69 Å². The Balaban J connectivity index is 2.82. The van der Waals surface area contributed by atoms with Gasteiger partial charge in [-0.15, -0.1) is 0 Å². The van der Waals surface area contributed by atoms with Gasteiger partial charge >= 0.3 is 0 Å². The van der Waals surface area contributed by atoms with Crippen molar-refractivity contribution in [2.45, 2.75) is 45.7 Å². The molecule has 0 aliphatic rings. The van der Waals surface area contributed by atoms with Crippen LogP contribution in [-0.4, -0.2) is 11.1 Å². The summed E-state index contributed by atoms with van der Waals surface area (Å²) in [6, 6.07) is 8.37. The normalized spacial score (nSPS) is 12.7. The second kappa shape index (κ2) is 3.86. The van der Waals surface area contributed by atoms with Crippen molar-refractivity contribution in [2.24, 2.45) is 5.73 Å². The van der Waals surface area contributed by atoms with Crippen molar-refractivity contribution in [1.29, 1.82) is 0 Å². The molecule has 1 aromatic rings. The summed E-state index contributed by atoms with van der Waals surface area (Å²) in [6.45, 7) is 10.4. The average molecular weight is 206 g/mol. The van der Waals surface area contributed by atoms with E-state index in [1.807, 2.05) is 13.8 Å². The summed E-state index contributed by atoms with van der Waals surface area (Å²) >= 11 is 0. The Kier molecular flexibility index (Phi) is 3.10. The molecule has 0 aliphatic carbocycles. The molecule has 0 unspecified atom stereocenters. The molecule has 0 amide bonds. The van der Waals surface area contributed by atoms with Gasteiger partial charge in [-0.1, -0.05) is 17.7 Å². The number of hydrogen-bond acceptors (Lipinski definition) is 2. The van der Waals surface area contributed by atoms with Crippen molar-refractivity contribution in [1.82, 2.24) is 0 Å². The first-order valence-electron chi connectivity index (χ1n) is 5.36. The van der Waals surface area contributed by atoms with Gasteiger partial charge in [0.05, 0.1) is 0 Å². The van der Waals surface area contributed by atoms with Crippen molar-refractivity contribution < 1.29 is 0 Å². The summed E-state index contributed by atoms with van der Waals surface area (Å²) in [5.41, 5.74) is 8.11. The minimum Gasteiger partial charge on any atom is -0.378 e. The smallest absolute Gasteiger partial charge is 0.0491 e. The Hall–Kier alpha value is -1.02. The van der Waals surface area contributed by atoms with Crippen LogP contribution in [-0.2, 0) is 0 Å². The van der Waals surface area contributed by atoms with E-state index in [-0.39, 0.29) is 11.1 Å². The summed E-state index contributed by atoms with van der Waals surface area (Å²) in [6.07, 6.45) is 0. The van der Waals surface area contributed by atoms with Crippen LogP contribution in [0.2, 0.25) is 0 Å². The number of hydrogen-bond donors (Lipinski definition) is 2. The van der Waals surface area contributed by atoms with Gasteiger partial charge in [0.1, 0.15) is 0 Å². The lowest BCUT2D eigenvalue weighted by Crippen LogP contribution is -2.57. The molecule has 2 nitrogen and oxygen atoms in total. The minimum atomic E-state index is -0.266. The molecule has 0 aromatic heterocycles. The fourth-order valence-corrected chi connectivity index (χ4v) is 1.16. The van der Waals surface area contributed by atoms with E-state index in [0.29, 0.717) is 0 Å². The van der Waals surface area contributed by atoms with Gasteiger partial charge in [0, 0.05) is 16.8 Å². The number of nitrogens with one attached hydrogen (secondary N) is 1. The Morgan fingerprint density at radius 1 is 1.00 bits per heavy atom. The lowest BCUT2D eigenvalue weighted by molar-refractivity contribution is 0.337. The molecule has 0 saturated heterocycles. The highest BCUT2D eigenvalue weighted by atomic mass is 15.0. The topological polar surface area (TPSA) is 38.0 Å². The lowest BCUT2D eigenvalue weighted by Gasteiger charge is -2.40. The molecule has 1 aromatic carbocycles. The number of nitrogens with two attached hydrogens (primary N) is 1. The number of rotatable bonds is 3. The molecule has 0 bridgehead atoms. The first-order valence-corrected chi connectivity index (χ1v) is 5.36. The van der Waals surface area contributed by atoms with Gasteiger partial charge in [-0.25, -0.2) is 0 Å². The maximum Gasteiger partial charge on any atom is 0.0491 e. The fourth-order valence-electron chi connectivity index (χ4n) is 1.16. The van der Waals surface area contributed by atoms with Gasteiger partial charge in [0.2, 0.25) is 0 Å². The van der Waals surface area contributed by atoms with Gasteiger partial charge in [0.15, 0.2) is 0 Å². The van der Waals surface area contributed by atoms with E-state index in [1.54, 1.807) is 0 Å². The molecular formula is C13H22N2. The van der Waals surface area contributed by atoms with E-state index in [4.69, 9.17) is 5.73 Å². The first kappa shape index (κ1) is 12.1. The second-order valence-corrected chi connectivity index (χ2v) is 5.34. The van der Waals surface area contributed by atoms with E-state index in [2.05, 4.69) is 50.4 Å². The van der Waals surface area contributed by atoms with E-state index in [9.17, 15) is 0 Å². The molecule has 2 heteroatoms. The molecule has 0 fully saturated rings. The average Bonchev–Trinajstić information content (AvgIpc) is 2.06. The van der Waals surface area contributed by atoms with Crippen LogP contribution in [0.1, 0.15) is 33.3 Å². The van der Waals surface area contributed by atoms with Gasteiger partial charge in [-0.3, -0.25) is 0 Å². The number of aryl methyl sites for hydroxylation is 1. The van der Waals surface area contributed by atoms with Crippen LogP contribution in [0, 0.1) is 6.92 Å². The Bertz CT molecular complexity index is 317. The van der Waals surface area contributed by atoms with Crippen LogP contribution in [0.3, 0.4) is 0 Å². The predicted octanol–water partition coefficient (Wildman–Crippen LogP) is 2.92. The largest absolute Gasteiger partial charge is 0.378 e. The zero-order valence-electron chi connectivity index (χ0n) is 10.4. The lowest BCUT2D eigenvalue weighted by atomic mass is 9.83. The third kappa shape index (κ3) is 2.96. The molecule has 1 rings (SSSR count). The van der Waals surface area contributed by atoms with Crippen molar-refractivity contribution in [3.05, 3.63) is 29.8 Å². The predicted molar refractivity (Wildman–Crippen MR) is 67.1 cm³/mol. The molecule has 0 radical (unpaired) electrons. The summed E-state index contributed by atoms with van der Waals surface area (Å²) in [7, 11) is 0. The molecule has 0 aliphatic heterocycles. The SMILES string of the molecule is Cc1ccc(NC(C)(C)C(C)(C)N)cc1. The maximum atomic E-state index is 6.13. The third-order valence-corrected chi connectivity index (χ3v) is 3.12. The number of benzene rings is 1. The van der Waals surface area contributed by atoms with Gasteiger partial charge in [0.25, 0.3) is 0 Å². The van der Waals surface area contributed by atoms with Gasteiger partial charge < -0.3 is 11.1 Å². The van der Waals surface area contributed by atoms with Crippen molar-refractivity contribution >= 4 is 5.69 Å². The van der Waals surface area contributed by atoms with Crippen molar-refractivity contribution in [3.8, 4) is 0 Å². The molecule has 15 heavy (non-hydrogen) atoms. The highest BCUT2D eigenvalue weighted by Gasteiger charge is 2.32. The van der Waals surface area contributed by atoms with Crippen LogP contribution in [0.5, 0.6) is 0 Å². The second-order valence-electron chi connectivity index (χ2n) is 5.34. The van der Waals surface area contributed by atoms with Crippen LogP contribution in [0.25, 0.3) is 0 Å². The Morgan fingerprint density at radius 3 is 1.87 bits per heavy atom. The van der Waals surface area contributed by atoms with Gasteiger partial charge in [-0.05, 0) is 46.8 Å². The molecular weight excluding hydrogens is 184 g/mol. The molecule has 0 atom stereocenters. The molecule has 0 heterocycles.